The fourth-order valence-electron chi connectivity index (χ4n) is 5.02. The van der Waals surface area contributed by atoms with Crippen molar-refractivity contribution in [3.63, 3.8) is 0 Å². The number of carbonyl (C=O) groups excluding carboxylic acids is 2. The number of benzene rings is 2. The van der Waals surface area contributed by atoms with E-state index in [9.17, 15) is 14.7 Å². The molecule has 2 fully saturated rings. The van der Waals surface area contributed by atoms with Gasteiger partial charge in [0.15, 0.2) is 0 Å². The molecular weight excluding hydrogens is 579 g/mol. The molecule has 0 saturated carbocycles. The lowest BCUT2D eigenvalue weighted by atomic mass is 10.0. The number of carbonyl (C=O) groups is 2. The number of aromatic hydroxyl groups is 1. The normalized spacial score (nSPS) is 22.2. The highest BCUT2D eigenvalue weighted by Crippen LogP contribution is 2.28. The molecule has 188 valence electrons. The smallest absolute Gasteiger partial charge is 0.236 e. The summed E-state index contributed by atoms with van der Waals surface area (Å²) in [5.74, 6) is -0.158. The first-order valence-electron chi connectivity index (χ1n) is 12.0. The molecule has 3 atom stereocenters. The van der Waals surface area contributed by atoms with Gasteiger partial charge in [-0.1, -0.05) is 23.7 Å². The van der Waals surface area contributed by atoms with E-state index >= 15 is 0 Å². The van der Waals surface area contributed by atoms with Crippen LogP contribution in [-0.2, 0) is 9.59 Å². The summed E-state index contributed by atoms with van der Waals surface area (Å²) in [5.41, 5.74) is 1.85. The minimum Gasteiger partial charge on any atom is -0.506 e. The highest BCUT2D eigenvalue weighted by molar-refractivity contribution is 14.1. The average Bonchev–Trinajstić information content (AvgIpc) is 3.30. The van der Waals surface area contributed by atoms with Gasteiger partial charge in [-0.25, -0.2) is 0 Å². The van der Waals surface area contributed by atoms with Gasteiger partial charge in [0.2, 0.25) is 11.8 Å². The van der Waals surface area contributed by atoms with E-state index in [0.717, 1.165) is 19.6 Å². The van der Waals surface area contributed by atoms with Crippen LogP contribution in [0.2, 0.25) is 5.02 Å². The van der Waals surface area contributed by atoms with E-state index in [0.29, 0.717) is 37.8 Å². The molecule has 0 spiro atoms. The van der Waals surface area contributed by atoms with Gasteiger partial charge in [0.25, 0.3) is 0 Å². The highest BCUT2D eigenvalue weighted by atomic mass is 127. The molecule has 4 rings (SSSR count). The predicted octanol–water partition coefficient (Wildman–Crippen LogP) is 4.20. The third-order valence-corrected chi connectivity index (χ3v) is 8.12. The summed E-state index contributed by atoms with van der Waals surface area (Å²) in [4.78, 5) is 32.2. The van der Waals surface area contributed by atoms with E-state index < -0.39 is 0 Å². The van der Waals surface area contributed by atoms with Crippen molar-refractivity contribution < 1.29 is 14.7 Å². The van der Waals surface area contributed by atoms with Crippen molar-refractivity contribution in [2.24, 2.45) is 5.92 Å². The summed E-state index contributed by atoms with van der Waals surface area (Å²) in [6.07, 6.45) is 0.711. The zero-order chi connectivity index (χ0) is 25.1. The number of nitrogens with zero attached hydrogens (tertiary/aromatic N) is 3. The number of nitrogens with one attached hydrogen (secondary N) is 1. The lowest BCUT2D eigenvalue weighted by Crippen LogP contribution is -2.55. The Bertz CT molecular complexity index is 1070. The van der Waals surface area contributed by atoms with Crippen LogP contribution in [0.1, 0.15) is 31.9 Å². The number of rotatable bonds is 6. The summed E-state index contributed by atoms with van der Waals surface area (Å²) < 4.78 is 1.23. The first kappa shape index (κ1) is 26.2. The molecule has 7 nitrogen and oxygen atoms in total. The minimum atomic E-state index is -0.180. The number of likely N-dealkylation sites (tertiary alicyclic amines) is 1. The van der Waals surface area contributed by atoms with Gasteiger partial charge in [0.05, 0.1) is 17.5 Å². The third-order valence-electron chi connectivity index (χ3n) is 7.10. The van der Waals surface area contributed by atoms with E-state index in [4.69, 9.17) is 11.6 Å². The SMILES string of the molecule is C[C@@H]1CN(C(=O)CN2CC[C@@H](C(=O)Nc3ccc(O)c(Cl)c3)C2)CCN1[C@H](C)c1ccc(I)cc1. The number of phenols is 1. The van der Waals surface area contributed by atoms with E-state index in [2.05, 4.69) is 75.8 Å². The van der Waals surface area contributed by atoms with E-state index in [1.54, 1.807) is 6.07 Å². The van der Waals surface area contributed by atoms with Crippen molar-refractivity contribution in [2.75, 3.05) is 44.6 Å². The van der Waals surface area contributed by atoms with E-state index in [1.165, 1.54) is 21.3 Å². The number of anilines is 1. The molecule has 2 N–H and O–H groups in total. The van der Waals surface area contributed by atoms with Crippen LogP contribution in [0.5, 0.6) is 5.75 Å². The van der Waals surface area contributed by atoms with Crippen molar-refractivity contribution in [3.05, 3.63) is 56.6 Å². The first-order valence-corrected chi connectivity index (χ1v) is 13.5. The standard InChI is InChI=1S/C26H32ClIN4O3/c1-17-14-31(11-12-32(17)18(2)19-3-5-21(28)6-4-19)25(34)16-30-10-9-20(15-30)26(35)29-22-7-8-24(33)23(27)13-22/h3-8,13,17-18,20,33H,9-12,14-16H2,1-2H3,(H,29,35)/t17-,18-,20-/m1/s1. The number of hydrogen-bond acceptors (Lipinski definition) is 5. The maximum absolute atomic E-state index is 13.0. The molecule has 2 amide bonds. The summed E-state index contributed by atoms with van der Waals surface area (Å²) in [6.45, 7) is 8.33. The van der Waals surface area contributed by atoms with Gasteiger partial charge in [-0.3, -0.25) is 19.4 Å². The maximum Gasteiger partial charge on any atom is 0.236 e. The second kappa shape index (κ2) is 11.5. The number of halogens is 2. The van der Waals surface area contributed by atoms with Gasteiger partial charge in [0, 0.05) is 47.5 Å². The van der Waals surface area contributed by atoms with E-state index in [-0.39, 0.29) is 34.5 Å². The summed E-state index contributed by atoms with van der Waals surface area (Å²) in [7, 11) is 0. The lowest BCUT2D eigenvalue weighted by Gasteiger charge is -2.43. The van der Waals surface area contributed by atoms with Gasteiger partial charge < -0.3 is 15.3 Å². The highest BCUT2D eigenvalue weighted by Gasteiger charge is 2.33. The first-order chi connectivity index (χ1) is 16.7. The largest absolute Gasteiger partial charge is 0.506 e. The molecule has 0 bridgehead atoms. The Balaban J connectivity index is 1.25. The number of piperazine rings is 1. The molecule has 0 aliphatic carbocycles. The van der Waals surface area contributed by atoms with Crippen LogP contribution in [0.15, 0.2) is 42.5 Å². The lowest BCUT2D eigenvalue weighted by molar-refractivity contribution is -0.135. The van der Waals surface area contributed by atoms with Gasteiger partial charge in [-0.05, 0) is 85.3 Å². The number of amides is 2. The van der Waals surface area contributed by atoms with Crippen LogP contribution in [0, 0.1) is 9.49 Å². The Morgan fingerprint density at radius 3 is 2.57 bits per heavy atom. The molecule has 2 aliphatic heterocycles. The van der Waals surface area contributed by atoms with Crippen molar-refractivity contribution in [2.45, 2.75) is 32.4 Å². The molecule has 2 aliphatic rings. The van der Waals surface area contributed by atoms with Crippen LogP contribution in [0.25, 0.3) is 0 Å². The fourth-order valence-corrected chi connectivity index (χ4v) is 5.56. The van der Waals surface area contributed by atoms with Crippen LogP contribution >= 0.6 is 34.2 Å². The molecule has 2 heterocycles. The van der Waals surface area contributed by atoms with Crippen molar-refractivity contribution in [1.29, 1.82) is 0 Å². The van der Waals surface area contributed by atoms with Crippen molar-refractivity contribution in [1.82, 2.24) is 14.7 Å². The van der Waals surface area contributed by atoms with Crippen LogP contribution in [-0.4, -0.2) is 76.9 Å². The summed E-state index contributed by atoms with van der Waals surface area (Å²) in [5, 5.41) is 12.6. The second-order valence-corrected chi connectivity index (χ2v) is 11.2. The predicted molar refractivity (Wildman–Crippen MR) is 147 cm³/mol. The molecule has 0 aromatic heterocycles. The molecule has 2 aromatic rings. The summed E-state index contributed by atoms with van der Waals surface area (Å²) >= 11 is 8.25. The molecule has 0 unspecified atom stereocenters. The molecule has 2 aromatic carbocycles. The molecule has 35 heavy (non-hydrogen) atoms. The minimum absolute atomic E-state index is 0.0188. The molecule has 2 saturated heterocycles. The van der Waals surface area contributed by atoms with Gasteiger partial charge in [-0.15, -0.1) is 0 Å². The van der Waals surface area contributed by atoms with Crippen LogP contribution < -0.4 is 5.32 Å². The third kappa shape index (κ3) is 6.47. The van der Waals surface area contributed by atoms with Crippen molar-refractivity contribution >= 4 is 51.7 Å². The fraction of sp³-hybridized carbons (Fsp3) is 0.462. The van der Waals surface area contributed by atoms with Crippen LogP contribution in [0.4, 0.5) is 5.69 Å². The van der Waals surface area contributed by atoms with Gasteiger partial charge >= 0.3 is 0 Å². The second-order valence-electron chi connectivity index (χ2n) is 9.53. The zero-order valence-corrected chi connectivity index (χ0v) is 23.0. The molecular formula is C26H32ClIN4O3. The van der Waals surface area contributed by atoms with E-state index in [1.807, 2.05) is 4.90 Å². The summed E-state index contributed by atoms with van der Waals surface area (Å²) in [6, 6.07) is 13.8. The Labute approximate surface area is 225 Å². The van der Waals surface area contributed by atoms with Gasteiger partial charge in [0.1, 0.15) is 5.75 Å². The Morgan fingerprint density at radius 1 is 1.14 bits per heavy atom. The average molecular weight is 611 g/mol. The number of phenolic OH excluding ortho intramolecular Hbond substituents is 1. The van der Waals surface area contributed by atoms with Crippen LogP contribution in [0.3, 0.4) is 0 Å². The number of hydrogen-bond donors (Lipinski definition) is 2. The van der Waals surface area contributed by atoms with Crippen molar-refractivity contribution in [3.8, 4) is 5.75 Å². The topological polar surface area (TPSA) is 76.1 Å². The quantitative estimate of drug-likeness (QED) is 0.379. The molecule has 0 radical (unpaired) electrons. The Hall–Kier alpha value is -1.88. The maximum atomic E-state index is 13.0. The zero-order valence-electron chi connectivity index (χ0n) is 20.1. The molecule has 9 heteroatoms. The van der Waals surface area contributed by atoms with Gasteiger partial charge in [-0.2, -0.15) is 0 Å². The monoisotopic (exact) mass is 610 g/mol. The Morgan fingerprint density at radius 2 is 1.89 bits per heavy atom. The Kier molecular flexibility index (Phi) is 8.57.